The Labute approximate surface area is 146 Å². The van der Waals surface area contributed by atoms with Crippen LogP contribution in [0.5, 0.6) is 0 Å². The van der Waals surface area contributed by atoms with Gasteiger partial charge in [0.05, 0.1) is 10.5 Å². The first-order valence-corrected chi connectivity index (χ1v) is 8.56. The summed E-state index contributed by atoms with van der Waals surface area (Å²) in [5.74, 6) is -0.569. The standard InChI is InChI=1S/C18H24N2O5/c1-11-6-4-5-7-15(11)19-17(21)13(3)25-18(22)14-8-9-16(20(23)24)12(2)10-14/h8-11,13,15H,4-7H2,1-3H3,(H,19,21)/t11-,13-,15+/m0/s1. The van der Waals surface area contributed by atoms with Crippen LogP contribution in [0.15, 0.2) is 18.2 Å². The van der Waals surface area contributed by atoms with Crippen molar-refractivity contribution in [2.45, 2.75) is 58.6 Å². The van der Waals surface area contributed by atoms with Crippen molar-refractivity contribution in [3.8, 4) is 0 Å². The average Bonchev–Trinajstić information content (AvgIpc) is 2.56. The number of carbonyl (C=O) groups excluding carboxylic acids is 2. The van der Waals surface area contributed by atoms with Gasteiger partial charge in [-0.2, -0.15) is 0 Å². The minimum atomic E-state index is -0.919. The molecule has 0 aromatic heterocycles. The molecule has 0 saturated heterocycles. The lowest BCUT2D eigenvalue weighted by Crippen LogP contribution is -2.45. The molecule has 1 aromatic carbocycles. The molecule has 0 radical (unpaired) electrons. The Kier molecular flexibility index (Phi) is 6.12. The number of nitro benzene ring substituents is 1. The molecule has 136 valence electrons. The first kappa shape index (κ1) is 18.9. The van der Waals surface area contributed by atoms with Gasteiger partial charge < -0.3 is 10.1 Å². The first-order chi connectivity index (χ1) is 11.8. The lowest BCUT2D eigenvalue weighted by molar-refractivity contribution is -0.385. The highest BCUT2D eigenvalue weighted by Gasteiger charge is 2.26. The number of esters is 1. The molecule has 2 rings (SSSR count). The predicted octanol–water partition coefficient (Wildman–Crippen LogP) is 3.14. The van der Waals surface area contributed by atoms with Crippen LogP contribution in [0.4, 0.5) is 5.69 Å². The molecule has 1 N–H and O–H groups in total. The maximum absolute atomic E-state index is 12.3. The van der Waals surface area contributed by atoms with Gasteiger partial charge >= 0.3 is 5.97 Å². The predicted molar refractivity (Wildman–Crippen MR) is 92.3 cm³/mol. The van der Waals surface area contributed by atoms with Crippen LogP contribution < -0.4 is 5.32 Å². The van der Waals surface area contributed by atoms with Gasteiger partial charge in [0.15, 0.2) is 6.10 Å². The fourth-order valence-corrected chi connectivity index (χ4v) is 3.10. The number of benzene rings is 1. The maximum Gasteiger partial charge on any atom is 0.338 e. The van der Waals surface area contributed by atoms with Crippen LogP contribution in [0.1, 0.15) is 55.5 Å². The number of rotatable bonds is 5. The van der Waals surface area contributed by atoms with Crippen LogP contribution in [0.25, 0.3) is 0 Å². The summed E-state index contributed by atoms with van der Waals surface area (Å²) in [5.41, 5.74) is 0.495. The van der Waals surface area contributed by atoms with Gasteiger partial charge in [-0.25, -0.2) is 4.79 Å². The van der Waals surface area contributed by atoms with Gasteiger partial charge in [0.2, 0.25) is 0 Å². The third kappa shape index (κ3) is 4.78. The Bertz CT molecular complexity index is 673. The summed E-state index contributed by atoms with van der Waals surface area (Å²) in [5, 5.41) is 13.8. The van der Waals surface area contributed by atoms with Crippen molar-refractivity contribution in [2.24, 2.45) is 5.92 Å². The van der Waals surface area contributed by atoms with Crippen LogP contribution in [-0.2, 0) is 9.53 Å². The molecule has 0 bridgehead atoms. The van der Waals surface area contributed by atoms with E-state index < -0.39 is 17.0 Å². The number of ether oxygens (including phenoxy) is 1. The number of aryl methyl sites for hydroxylation is 1. The zero-order valence-corrected chi connectivity index (χ0v) is 14.8. The average molecular weight is 348 g/mol. The molecular formula is C18H24N2O5. The van der Waals surface area contributed by atoms with Crippen molar-refractivity contribution in [1.82, 2.24) is 5.32 Å². The summed E-state index contributed by atoms with van der Waals surface area (Å²) in [6, 6.07) is 4.11. The Balaban J connectivity index is 1.96. The molecule has 25 heavy (non-hydrogen) atoms. The molecule has 1 aliphatic carbocycles. The van der Waals surface area contributed by atoms with Crippen LogP contribution >= 0.6 is 0 Å². The Morgan fingerprint density at radius 1 is 1.32 bits per heavy atom. The molecule has 1 saturated carbocycles. The second-order valence-electron chi connectivity index (χ2n) is 6.68. The number of hydrogen-bond donors (Lipinski definition) is 1. The molecule has 0 aliphatic heterocycles. The highest BCUT2D eigenvalue weighted by molar-refractivity contribution is 5.92. The van der Waals surface area contributed by atoms with E-state index in [4.69, 9.17) is 4.74 Å². The minimum absolute atomic E-state index is 0.0615. The summed E-state index contributed by atoms with van der Waals surface area (Å²) in [6.45, 7) is 5.19. The Morgan fingerprint density at radius 2 is 2.00 bits per heavy atom. The van der Waals surface area contributed by atoms with Gasteiger partial charge in [-0.15, -0.1) is 0 Å². The maximum atomic E-state index is 12.3. The summed E-state index contributed by atoms with van der Waals surface area (Å²) in [6.07, 6.45) is 3.37. The number of hydrogen-bond acceptors (Lipinski definition) is 5. The molecule has 1 aliphatic rings. The van der Waals surface area contributed by atoms with Gasteiger partial charge in [0.25, 0.3) is 11.6 Å². The number of nitrogens with one attached hydrogen (secondary N) is 1. The molecule has 1 fully saturated rings. The summed E-state index contributed by atoms with van der Waals surface area (Å²) < 4.78 is 5.21. The molecule has 1 aromatic rings. The molecular weight excluding hydrogens is 324 g/mol. The van der Waals surface area contributed by atoms with Gasteiger partial charge in [0, 0.05) is 17.7 Å². The van der Waals surface area contributed by atoms with E-state index in [-0.39, 0.29) is 23.2 Å². The van der Waals surface area contributed by atoms with E-state index in [1.165, 1.54) is 31.5 Å². The van der Waals surface area contributed by atoms with E-state index >= 15 is 0 Å². The molecule has 7 nitrogen and oxygen atoms in total. The highest BCUT2D eigenvalue weighted by atomic mass is 16.6. The van der Waals surface area contributed by atoms with E-state index in [2.05, 4.69) is 12.2 Å². The second kappa shape index (κ2) is 8.09. The third-order valence-corrected chi connectivity index (χ3v) is 4.72. The zero-order chi connectivity index (χ0) is 18.6. The van der Waals surface area contributed by atoms with Crippen LogP contribution in [0.2, 0.25) is 0 Å². The number of nitro groups is 1. The number of amides is 1. The fraction of sp³-hybridized carbons (Fsp3) is 0.556. The Hall–Kier alpha value is -2.44. The van der Waals surface area contributed by atoms with E-state index in [0.29, 0.717) is 11.5 Å². The summed E-state index contributed by atoms with van der Waals surface area (Å²) >= 11 is 0. The molecule has 0 heterocycles. The van der Waals surface area contributed by atoms with E-state index in [9.17, 15) is 19.7 Å². The van der Waals surface area contributed by atoms with E-state index in [0.717, 1.165) is 19.3 Å². The highest BCUT2D eigenvalue weighted by Crippen LogP contribution is 2.24. The van der Waals surface area contributed by atoms with Crippen molar-refractivity contribution in [2.75, 3.05) is 0 Å². The van der Waals surface area contributed by atoms with Gasteiger partial charge in [-0.1, -0.05) is 19.8 Å². The van der Waals surface area contributed by atoms with Crippen molar-refractivity contribution in [1.29, 1.82) is 0 Å². The zero-order valence-electron chi connectivity index (χ0n) is 14.8. The summed E-state index contributed by atoms with van der Waals surface area (Å²) in [7, 11) is 0. The van der Waals surface area contributed by atoms with Gasteiger partial charge in [-0.05, 0) is 44.7 Å². The number of nitrogens with zero attached hydrogens (tertiary/aromatic N) is 1. The van der Waals surface area contributed by atoms with Crippen LogP contribution in [0, 0.1) is 23.0 Å². The topological polar surface area (TPSA) is 98.5 Å². The monoisotopic (exact) mass is 348 g/mol. The third-order valence-electron chi connectivity index (χ3n) is 4.72. The summed E-state index contributed by atoms with van der Waals surface area (Å²) in [4.78, 5) is 34.7. The molecule has 0 unspecified atom stereocenters. The van der Waals surface area contributed by atoms with Crippen LogP contribution in [-0.4, -0.2) is 28.9 Å². The van der Waals surface area contributed by atoms with Crippen molar-refractivity contribution in [3.05, 3.63) is 39.4 Å². The number of carbonyl (C=O) groups is 2. The van der Waals surface area contributed by atoms with Gasteiger partial charge in [0.1, 0.15) is 0 Å². The molecule has 1 amide bonds. The van der Waals surface area contributed by atoms with E-state index in [1.807, 2.05) is 0 Å². The largest absolute Gasteiger partial charge is 0.449 e. The fourth-order valence-electron chi connectivity index (χ4n) is 3.10. The molecule has 7 heteroatoms. The van der Waals surface area contributed by atoms with Gasteiger partial charge in [-0.3, -0.25) is 14.9 Å². The SMILES string of the molecule is Cc1cc(C(=O)O[C@@H](C)C(=O)N[C@@H]2CCCC[C@@H]2C)ccc1[N+](=O)[O-]. The van der Waals surface area contributed by atoms with Crippen molar-refractivity contribution in [3.63, 3.8) is 0 Å². The van der Waals surface area contributed by atoms with E-state index in [1.54, 1.807) is 6.92 Å². The molecule has 0 spiro atoms. The smallest absolute Gasteiger partial charge is 0.338 e. The van der Waals surface area contributed by atoms with Crippen molar-refractivity contribution < 1.29 is 19.2 Å². The quantitative estimate of drug-likeness (QED) is 0.501. The molecule has 3 atom stereocenters. The normalized spacial score (nSPS) is 21.2. The van der Waals surface area contributed by atoms with Crippen LogP contribution in [0.3, 0.4) is 0 Å². The lowest BCUT2D eigenvalue weighted by atomic mass is 9.86. The second-order valence-corrected chi connectivity index (χ2v) is 6.68. The van der Waals surface area contributed by atoms with Crippen molar-refractivity contribution >= 4 is 17.6 Å². The first-order valence-electron chi connectivity index (χ1n) is 8.56. The Morgan fingerprint density at radius 3 is 2.60 bits per heavy atom. The lowest BCUT2D eigenvalue weighted by Gasteiger charge is -2.30. The minimum Gasteiger partial charge on any atom is -0.449 e.